The molecule has 1 aromatic rings. The van der Waals surface area contributed by atoms with E-state index in [9.17, 15) is 9.59 Å². The van der Waals surface area contributed by atoms with E-state index >= 15 is 0 Å². The topological polar surface area (TPSA) is 56.5 Å². The van der Waals surface area contributed by atoms with Crippen molar-refractivity contribution in [3.63, 3.8) is 0 Å². The Morgan fingerprint density at radius 3 is 2.72 bits per heavy atom. The van der Waals surface area contributed by atoms with E-state index < -0.39 is 0 Å². The lowest BCUT2D eigenvalue weighted by Gasteiger charge is -2.07. The zero-order valence-electron chi connectivity index (χ0n) is 14.8. The van der Waals surface area contributed by atoms with Gasteiger partial charge in [0, 0.05) is 17.3 Å². The van der Waals surface area contributed by atoms with Gasteiger partial charge < -0.3 is 9.15 Å². The molecule has 2 heterocycles. The number of alkyl halides is 1. The van der Waals surface area contributed by atoms with Gasteiger partial charge in [-0.15, -0.1) is 0 Å². The summed E-state index contributed by atoms with van der Waals surface area (Å²) < 4.78 is 10.9. The Morgan fingerprint density at radius 1 is 1.32 bits per heavy atom. The standard InChI is InChI=1S/C20H23BrO4/c1-13(11-21)5-4-6-16-10-18(25-20(16)23)8-14(2)7-17-9-15(3)19(12-22)24-17/h5,7,9-10,12,18H,4,6,8,11H2,1-3H3/b13-5+,14-7+/t18-/m0/s1. The molecule has 5 heteroatoms. The quantitative estimate of drug-likeness (QED) is 0.258. The molecular formula is C20H23BrO4. The fourth-order valence-electron chi connectivity index (χ4n) is 2.68. The summed E-state index contributed by atoms with van der Waals surface area (Å²) in [5, 5.41) is 0.848. The molecule has 0 N–H and O–H groups in total. The summed E-state index contributed by atoms with van der Waals surface area (Å²) >= 11 is 3.41. The van der Waals surface area contributed by atoms with E-state index in [0.717, 1.165) is 28.5 Å². The third kappa shape index (κ3) is 5.56. The van der Waals surface area contributed by atoms with E-state index in [-0.39, 0.29) is 12.1 Å². The molecule has 0 amide bonds. The fourth-order valence-corrected chi connectivity index (χ4v) is 2.91. The third-order valence-corrected chi connectivity index (χ3v) is 4.90. The van der Waals surface area contributed by atoms with E-state index in [1.807, 2.05) is 32.1 Å². The van der Waals surface area contributed by atoms with Gasteiger partial charge in [0.05, 0.1) is 0 Å². The van der Waals surface area contributed by atoms with E-state index in [2.05, 4.69) is 28.9 Å². The van der Waals surface area contributed by atoms with Crippen LogP contribution in [0.1, 0.15) is 55.0 Å². The normalized spacial score (nSPS) is 18.3. The van der Waals surface area contributed by atoms with Crippen molar-refractivity contribution in [3.8, 4) is 0 Å². The zero-order chi connectivity index (χ0) is 18.4. The number of allylic oxidation sites excluding steroid dienone is 2. The number of hydrogen-bond donors (Lipinski definition) is 0. The average Bonchev–Trinajstić information content (AvgIpc) is 3.09. The van der Waals surface area contributed by atoms with Gasteiger partial charge in [-0.05, 0) is 57.4 Å². The highest BCUT2D eigenvalue weighted by atomic mass is 79.9. The minimum absolute atomic E-state index is 0.222. The molecule has 0 unspecified atom stereocenters. The minimum Gasteiger partial charge on any atom is -0.454 e. The van der Waals surface area contributed by atoms with E-state index in [1.54, 1.807) is 0 Å². The number of rotatable bonds is 8. The van der Waals surface area contributed by atoms with Gasteiger partial charge in [-0.1, -0.05) is 33.2 Å². The highest BCUT2D eigenvalue weighted by Gasteiger charge is 2.24. The van der Waals surface area contributed by atoms with Gasteiger partial charge in [0.1, 0.15) is 11.9 Å². The van der Waals surface area contributed by atoms with Crippen LogP contribution in [0.3, 0.4) is 0 Å². The van der Waals surface area contributed by atoms with E-state index in [4.69, 9.17) is 9.15 Å². The Hall–Kier alpha value is -1.88. The summed E-state index contributed by atoms with van der Waals surface area (Å²) in [5.41, 5.74) is 3.84. The molecule has 0 spiro atoms. The SMILES string of the molecule is C/C(=C\CCC1=C[C@H](C/C(C)=C/c2cc(C)c(C=O)o2)OC1=O)CBr. The van der Waals surface area contributed by atoms with Crippen LogP contribution >= 0.6 is 15.9 Å². The summed E-state index contributed by atoms with van der Waals surface area (Å²) in [6.07, 6.45) is 8.54. The number of carbonyl (C=O) groups is 2. The van der Waals surface area contributed by atoms with Crippen molar-refractivity contribution < 1.29 is 18.7 Å². The Balaban J connectivity index is 1.96. The van der Waals surface area contributed by atoms with Gasteiger partial charge in [0.15, 0.2) is 12.0 Å². The van der Waals surface area contributed by atoms with Crippen molar-refractivity contribution in [1.82, 2.24) is 0 Å². The van der Waals surface area contributed by atoms with Crippen molar-refractivity contribution in [2.45, 2.75) is 46.1 Å². The summed E-state index contributed by atoms with van der Waals surface area (Å²) in [7, 11) is 0. The first-order valence-corrected chi connectivity index (χ1v) is 9.41. The molecule has 25 heavy (non-hydrogen) atoms. The van der Waals surface area contributed by atoms with Crippen LogP contribution < -0.4 is 0 Å². The lowest BCUT2D eigenvalue weighted by molar-refractivity contribution is -0.139. The number of furan rings is 1. The third-order valence-electron chi connectivity index (χ3n) is 4.02. The number of halogens is 1. The highest BCUT2D eigenvalue weighted by molar-refractivity contribution is 9.09. The number of esters is 1. The lowest BCUT2D eigenvalue weighted by atomic mass is 10.1. The number of ether oxygens (including phenoxy) is 1. The molecule has 1 atom stereocenters. The van der Waals surface area contributed by atoms with Crippen LogP contribution in [0.15, 0.2) is 39.4 Å². The molecule has 0 bridgehead atoms. The Kier molecular flexibility index (Phi) is 7.00. The van der Waals surface area contributed by atoms with E-state index in [0.29, 0.717) is 30.6 Å². The molecule has 4 nitrogen and oxygen atoms in total. The fraction of sp³-hybridized carbons (Fsp3) is 0.400. The van der Waals surface area contributed by atoms with Crippen LogP contribution in [0.25, 0.3) is 6.08 Å². The summed E-state index contributed by atoms with van der Waals surface area (Å²) in [4.78, 5) is 22.8. The first-order valence-electron chi connectivity index (χ1n) is 8.29. The number of aldehydes is 1. The Labute approximate surface area is 156 Å². The van der Waals surface area contributed by atoms with Crippen molar-refractivity contribution in [3.05, 3.63) is 52.0 Å². The molecule has 0 fully saturated rings. The largest absolute Gasteiger partial charge is 0.454 e. The molecule has 2 rings (SSSR count). The molecular weight excluding hydrogens is 384 g/mol. The van der Waals surface area contributed by atoms with Gasteiger partial charge in [-0.2, -0.15) is 0 Å². The predicted octanol–water partition coefficient (Wildman–Crippen LogP) is 5.17. The first-order chi connectivity index (χ1) is 11.9. The average molecular weight is 407 g/mol. The molecule has 0 saturated heterocycles. The molecule has 134 valence electrons. The van der Waals surface area contributed by atoms with Crippen LogP contribution in [0.5, 0.6) is 0 Å². The number of carbonyl (C=O) groups excluding carboxylic acids is 2. The van der Waals surface area contributed by atoms with Crippen LogP contribution in [0, 0.1) is 6.92 Å². The second-order valence-electron chi connectivity index (χ2n) is 6.37. The Bertz CT molecular complexity index is 737. The van der Waals surface area contributed by atoms with Crippen molar-refractivity contribution in [1.29, 1.82) is 0 Å². The second kappa shape index (κ2) is 8.99. The van der Waals surface area contributed by atoms with Crippen LogP contribution in [0.2, 0.25) is 0 Å². The number of aryl methyl sites for hydroxylation is 1. The van der Waals surface area contributed by atoms with Crippen LogP contribution in [-0.4, -0.2) is 23.7 Å². The van der Waals surface area contributed by atoms with E-state index in [1.165, 1.54) is 5.57 Å². The molecule has 0 aromatic carbocycles. The molecule has 1 aliphatic heterocycles. The van der Waals surface area contributed by atoms with Crippen molar-refractivity contribution in [2.24, 2.45) is 0 Å². The molecule has 0 aliphatic carbocycles. The predicted molar refractivity (Wildman–Crippen MR) is 102 cm³/mol. The minimum atomic E-state index is -0.235. The van der Waals surface area contributed by atoms with Gasteiger partial charge >= 0.3 is 5.97 Å². The van der Waals surface area contributed by atoms with Gasteiger partial charge in [0.2, 0.25) is 0 Å². The van der Waals surface area contributed by atoms with Gasteiger partial charge in [-0.3, -0.25) is 4.79 Å². The molecule has 1 aliphatic rings. The second-order valence-corrected chi connectivity index (χ2v) is 6.93. The molecule has 0 radical (unpaired) electrons. The lowest BCUT2D eigenvalue weighted by Crippen LogP contribution is -2.08. The molecule has 1 aromatic heterocycles. The maximum atomic E-state index is 12.0. The first kappa shape index (κ1) is 19.4. The van der Waals surface area contributed by atoms with Gasteiger partial charge in [0.25, 0.3) is 0 Å². The van der Waals surface area contributed by atoms with Crippen LogP contribution in [-0.2, 0) is 9.53 Å². The maximum Gasteiger partial charge on any atom is 0.334 e. The smallest absolute Gasteiger partial charge is 0.334 e. The number of hydrogen-bond acceptors (Lipinski definition) is 4. The number of cyclic esters (lactones) is 1. The Morgan fingerprint density at radius 2 is 2.08 bits per heavy atom. The zero-order valence-corrected chi connectivity index (χ0v) is 16.4. The summed E-state index contributed by atoms with van der Waals surface area (Å²) in [6, 6.07) is 1.83. The summed E-state index contributed by atoms with van der Waals surface area (Å²) in [6.45, 7) is 5.85. The van der Waals surface area contributed by atoms with Gasteiger partial charge in [-0.25, -0.2) is 4.79 Å². The summed E-state index contributed by atoms with van der Waals surface area (Å²) in [5.74, 6) is 0.765. The van der Waals surface area contributed by atoms with Crippen molar-refractivity contribution >= 4 is 34.3 Å². The molecule has 0 saturated carbocycles. The van der Waals surface area contributed by atoms with Crippen molar-refractivity contribution in [2.75, 3.05) is 5.33 Å². The maximum absolute atomic E-state index is 12.0. The monoisotopic (exact) mass is 406 g/mol. The van der Waals surface area contributed by atoms with Crippen LogP contribution in [0.4, 0.5) is 0 Å². The highest BCUT2D eigenvalue weighted by Crippen LogP contribution is 2.24.